The number of carbonyl (C=O) groups excluding carboxylic acids is 1. The van der Waals surface area contributed by atoms with Gasteiger partial charge in [0.1, 0.15) is 6.04 Å². The first-order chi connectivity index (χ1) is 7.89. The molecule has 4 rings (SSSR count). The van der Waals surface area contributed by atoms with Crippen molar-refractivity contribution in [3.05, 3.63) is 0 Å². The summed E-state index contributed by atoms with van der Waals surface area (Å²) in [5.74, 6) is 1.06. The highest BCUT2D eigenvalue weighted by Crippen LogP contribution is 2.63. The molecule has 3 heteroatoms. The Balaban J connectivity index is 2.00. The molecule has 1 aliphatic heterocycles. The number of hydrogen-bond donors (Lipinski definition) is 0. The normalized spacial score (nSPS) is 46.5. The Bertz CT molecular complexity index is 412. The summed E-state index contributed by atoms with van der Waals surface area (Å²) in [5, 5.41) is 0. The molecule has 0 N–H and O–H groups in total. The standard InChI is InChI=1S/C14H21NO2/c1-5-9-12(16)17-14(4)10-6-8(13(10,2)3)7-11(14)15-9/h8-10H,5-7H2,1-4H3/t8-,9-,10-,14-/m0/s1. The van der Waals surface area contributed by atoms with Crippen molar-refractivity contribution in [2.75, 3.05) is 0 Å². The molecule has 0 aromatic heterocycles. The molecule has 4 aliphatic rings. The van der Waals surface area contributed by atoms with E-state index in [9.17, 15) is 4.79 Å². The van der Waals surface area contributed by atoms with Gasteiger partial charge in [-0.3, -0.25) is 4.99 Å². The Kier molecular flexibility index (Phi) is 2.06. The van der Waals surface area contributed by atoms with Gasteiger partial charge >= 0.3 is 5.97 Å². The molecule has 3 saturated carbocycles. The minimum Gasteiger partial charge on any atom is -0.451 e. The highest BCUT2D eigenvalue weighted by atomic mass is 16.6. The number of rotatable bonds is 1. The molecule has 3 fully saturated rings. The molecular weight excluding hydrogens is 214 g/mol. The van der Waals surface area contributed by atoms with E-state index in [1.165, 1.54) is 6.42 Å². The number of hydrogen-bond acceptors (Lipinski definition) is 3. The average molecular weight is 235 g/mol. The highest BCUT2D eigenvalue weighted by Gasteiger charge is 2.65. The lowest BCUT2D eigenvalue weighted by Crippen LogP contribution is -2.68. The third-order valence-electron chi connectivity index (χ3n) is 5.43. The molecule has 94 valence electrons. The van der Waals surface area contributed by atoms with Crippen molar-refractivity contribution < 1.29 is 9.53 Å². The summed E-state index contributed by atoms with van der Waals surface area (Å²) in [4.78, 5) is 16.6. The van der Waals surface area contributed by atoms with Crippen LogP contribution in [0.3, 0.4) is 0 Å². The molecule has 0 spiro atoms. The molecule has 0 aromatic rings. The summed E-state index contributed by atoms with van der Waals surface area (Å²) < 4.78 is 5.80. The highest BCUT2D eigenvalue weighted by molar-refractivity contribution is 6.00. The number of ether oxygens (including phenoxy) is 1. The van der Waals surface area contributed by atoms with Gasteiger partial charge in [0.15, 0.2) is 5.60 Å². The quantitative estimate of drug-likeness (QED) is 0.655. The van der Waals surface area contributed by atoms with Gasteiger partial charge in [0.25, 0.3) is 0 Å². The fourth-order valence-electron chi connectivity index (χ4n) is 4.02. The van der Waals surface area contributed by atoms with Crippen LogP contribution in [0.15, 0.2) is 4.99 Å². The first kappa shape index (κ1) is 11.2. The van der Waals surface area contributed by atoms with Crippen LogP contribution in [0.2, 0.25) is 0 Å². The summed E-state index contributed by atoms with van der Waals surface area (Å²) in [6.45, 7) is 8.66. The number of carbonyl (C=O) groups is 1. The maximum Gasteiger partial charge on any atom is 0.331 e. The molecular formula is C14H21NO2. The molecule has 3 aliphatic carbocycles. The van der Waals surface area contributed by atoms with E-state index in [1.54, 1.807) is 0 Å². The van der Waals surface area contributed by atoms with Gasteiger partial charge in [0.05, 0.1) is 5.71 Å². The topological polar surface area (TPSA) is 38.7 Å². The lowest BCUT2D eigenvalue weighted by Gasteiger charge is -2.64. The third kappa shape index (κ3) is 1.23. The number of nitrogens with zero attached hydrogens (tertiary/aromatic N) is 1. The van der Waals surface area contributed by atoms with Crippen LogP contribution in [-0.2, 0) is 9.53 Å². The van der Waals surface area contributed by atoms with Gasteiger partial charge in [-0.1, -0.05) is 20.8 Å². The third-order valence-corrected chi connectivity index (χ3v) is 5.43. The van der Waals surface area contributed by atoms with Gasteiger partial charge in [-0.2, -0.15) is 0 Å². The van der Waals surface area contributed by atoms with Crippen molar-refractivity contribution in [1.29, 1.82) is 0 Å². The molecule has 3 nitrogen and oxygen atoms in total. The molecule has 1 heterocycles. The molecule has 17 heavy (non-hydrogen) atoms. The van der Waals surface area contributed by atoms with E-state index < -0.39 is 5.60 Å². The zero-order chi connectivity index (χ0) is 12.4. The monoisotopic (exact) mass is 235 g/mol. The van der Waals surface area contributed by atoms with Crippen molar-refractivity contribution in [3.63, 3.8) is 0 Å². The van der Waals surface area contributed by atoms with Crippen molar-refractivity contribution in [1.82, 2.24) is 0 Å². The maximum absolute atomic E-state index is 11.9. The molecule has 0 saturated heterocycles. The minimum atomic E-state index is -0.416. The average Bonchev–Trinajstić information content (AvgIpc) is 2.25. The van der Waals surface area contributed by atoms with Crippen LogP contribution in [0.1, 0.15) is 47.0 Å². The SMILES string of the molecule is CC[C@@H]1N=C2C[C@@H]3C[C@@H](C3(C)C)[C@]2(C)OC1=O. The van der Waals surface area contributed by atoms with Crippen molar-refractivity contribution >= 4 is 11.7 Å². The smallest absolute Gasteiger partial charge is 0.331 e. The number of aliphatic imine (C=N–C) groups is 1. The predicted molar refractivity (Wildman–Crippen MR) is 66.0 cm³/mol. The summed E-state index contributed by atoms with van der Waals surface area (Å²) in [6, 6.07) is -0.251. The lowest BCUT2D eigenvalue weighted by atomic mass is 9.43. The van der Waals surface area contributed by atoms with E-state index in [0.717, 1.165) is 24.5 Å². The van der Waals surface area contributed by atoms with E-state index >= 15 is 0 Å². The van der Waals surface area contributed by atoms with Gasteiger partial charge in [-0.05, 0) is 37.5 Å². The second kappa shape index (κ2) is 3.12. The number of esters is 1. The van der Waals surface area contributed by atoms with E-state index in [-0.39, 0.29) is 12.0 Å². The molecule has 0 aromatic carbocycles. The van der Waals surface area contributed by atoms with Crippen LogP contribution in [0.25, 0.3) is 0 Å². The molecule has 0 amide bonds. The van der Waals surface area contributed by atoms with Gasteiger partial charge in [0, 0.05) is 5.92 Å². The Morgan fingerprint density at radius 2 is 2.12 bits per heavy atom. The minimum absolute atomic E-state index is 0.125. The van der Waals surface area contributed by atoms with Crippen LogP contribution < -0.4 is 0 Å². The van der Waals surface area contributed by atoms with Crippen LogP contribution in [0.4, 0.5) is 0 Å². The van der Waals surface area contributed by atoms with Crippen molar-refractivity contribution in [2.24, 2.45) is 22.2 Å². The second-order valence-electron chi connectivity index (χ2n) is 6.54. The predicted octanol–water partition coefficient (Wildman–Crippen LogP) is 2.59. The summed E-state index contributed by atoms with van der Waals surface area (Å²) in [7, 11) is 0. The zero-order valence-electron chi connectivity index (χ0n) is 11.1. The van der Waals surface area contributed by atoms with Gasteiger partial charge in [-0.25, -0.2) is 4.79 Å². The van der Waals surface area contributed by atoms with Crippen LogP contribution in [-0.4, -0.2) is 23.3 Å². The van der Waals surface area contributed by atoms with E-state index in [4.69, 9.17) is 4.74 Å². The van der Waals surface area contributed by atoms with E-state index in [0.29, 0.717) is 11.3 Å². The zero-order valence-corrected chi connectivity index (χ0v) is 11.1. The molecule has 0 radical (unpaired) electrons. The lowest BCUT2D eigenvalue weighted by molar-refractivity contribution is -0.187. The largest absolute Gasteiger partial charge is 0.451 e. The molecule has 0 unspecified atom stereocenters. The van der Waals surface area contributed by atoms with Crippen LogP contribution >= 0.6 is 0 Å². The van der Waals surface area contributed by atoms with Crippen LogP contribution in [0.5, 0.6) is 0 Å². The Morgan fingerprint density at radius 1 is 1.41 bits per heavy atom. The Labute approximate surface area is 103 Å². The van der Waals surface area contributed by atoms with Gasteiger partial charge < -0.3 is 4.74 Å². The Morgan fingerprint density at radius 3 is 2.71 bits per heavy atom. The van der Waals surface area contributed by atoms with E-state index in [2.05, 4.69) is 25.8 Å². The van der Waals surface area contributed by atoms with Crippen molar-refractivity contribution in [3.8, 4) is 0 Å². The van der Waals surface area contributed by atoms with E-state index in [1.807, 2.05) is 6.92 Å². The maximum atomic E-state index is 11.9. The first-order valence-corrected chi connectivity index (χ1v) is 6.69. The first-order valence-electron chi connectivity index (χ1n) is 6.69. The Hall–Kier alpha value is -0.860. The second-order valence-corrected chi connectivity index (χ2v) is 6.54. The van der Waals surface area contributed by atoms with Crippen LogP contribution in [0, 0.1) is 17.3 Å². The van der Waals surface area contributed by atoms with Gasteiger partial charge in [-0.15, -0.1) is 0 Å². The molecule has 4 atom stereocenters. The summed E-state index contributed by atoms with van der Waals surface area (Å²) in [5.41, 5.74) is 1.03. The van der Waals surface area contributed by atoms with Crippen molar-refractivity contribution in [2.45, 2.75) is 58.6 Å². The summed E-state index contributed by atoms with van der Waals surface area (Å²) in [6.07, 6.45) is 2.95. The van der Waals surface area contributed by atoms with Gasteiger partial charge in [0.2, 0.25) is 0 Å². The fourth-order valence-corrected chi connectivity index (χ4v) is 4.02. The fraction of sp³-hybridized carbons (Fsp3) is 0.857. The summed E-state index contributed by atoms with van der Waals surface area (Å²) >= 11 is 0. The molecule has 2 bridgehead atoms.